The van der Waals surface area contributed by atoms with Crippen molar-refractivity contribution in [3.05, 3.63) is 71.7 Å². The number of anilines is 1. The standard InChI is InChI=1S/C22H21NO3S/c1-15-3-2-4-21-22(15)23(12-16-8-10-24-13-16)9-7-20(27-21)17-5-6-18-19(11-17)26-14-25-18/h2-6,8,10-11,13,20H,7,9,12,14H2,1H3. The minimum absolute atomic E-state index is 0.317. The van der Waals surface area contributed by atoms with Gasteiger partial charge in [-0.15, -0.1) is 11.8 Å². The third-order valence-corrected chi connectivity index (χ3v) is 6.55. The maximum absolute atomic E-state index is 5.59. The summed E-state index contributed by atoms with van der Waals surface area (Å²) in [6, 6.07) is 15.0. The number of fused-ring (bicyclic) bond motifs is 2. The number of rotatable bonds is 3. The fraction of sp³-hybridized carbons (Fsp3) is 0.273. The first-order valence-electron chi connectivity index (χ1n) is 9.20. The molecule has 1 unspecified atom stereocenters. The largest absolute Gasteiger partial charge is 0.472 e. The molecular weight excluding hydrogens is 358 g/mol. The summed E-state index contributed by atoms with van der Waals surface area (Å²) in [4.78, 5) is 3.81. The van der Waals surface area contributed by atoms with Crippen molar-refractivity contribution >= 4 is 17.4 Å². The third-order valence-electron chi connectivity index (χ3n) is 5.17. The Labute approximate surface area is 163 Å². The van der Waals surface area contributed by atoms with Gasteiger partial charge in [0.1, 0.15) is 0 Å². The Bertz CT molecular complexity index is 954. The highest BCUT2D eigenvalue weighted by Crippen LogP contribution is 2.48. The van der Waals surface area contributed by atoms with Crippen LogP contribution < -0.4 is 14.4 Å². The van der Waals surface area contributed by atoms with Gasteiger partial charge in [0.25, 0.3) is 0 Å². The monoisotopic (exact) mass is 379 g/mol. The molecule has 0 spiro atoms. The molecule has 0 aliphatic carbocycles. The highest BCUT2D eigenvalue weighted by atomic mass is 32.2. The summed E-state index contributed by atoms with van der Waals surface area (Å²) >= 11 is 1.95. The van der Waals surface area contributed by atoms with Gasteiger partial charge in [-0.1, -0.05) is 18.2 Å². The number of nitrogens with zero attached hydrogens (tertiary/aromatic N) is 1. The predicted molar refractivity (Wildman–Crippen MR) is 107 cm³/mol. The lowest BCUT2D eigenvalue weighted by atomic mass is 10.1. The van der Waals surface area contributed by atoms with Crippen LogP contribution in [-0.2, 0) is 6.54 Å². The normalized spacial score (nSPS) is 18.3. The van der Waals surface area contributed by atoms with Crippen LogP contribution in [0.3, 0.4) is 0 Å². The summed E-state index contributed by atoms with van der Waals surface area (Å²) in [5.41, 5.74) is 5.15. The summed E-state index contributed by atoms with van der Waals surface area (Å²) in [7, 11) is 0. The molecule has 2 aromatic carbocycles. The van der Waals surface area contributed by atoms with E-state index in [2.05, 4.69) is 42.2 Å². The molecule has 0 saturated carbocycles. The van der Waals surface area contributed by atoms with Crippen LogP contribution >= 0.6 is 11.8 Å². The number of furan rings is 1. The minimum Gasteiger partial charge on any atom is -0.472 e. The van der Waals surface area contributed by atoms with Crippen molar-refractivity contribution < 1.29 is 13.9 Å². The molecule has 1 atom stereocenters. The number of hydrogen-bond donors (Lipinski definition) is 0. The Kier molecular flexibility index (Phi) is 4.24. The zero-order chi connectivity index (χ0) is 18.2. The molecule has 2 aliphatic rings. The Morgan fingerprint density at radius 1 is 1.11 bits per heavy atom. The fourth-order valence-corrected chi connectivity index (χ4v) is 5.21. The van der Waals surface area contributed by atoms with Crippen molar-refractivity contribution in [3.8, 4) is 11.5 Å². The number of ether oxygens (including phenoxy) is 2. The van der Waals surface area contributed by atoms with Crippen LogP contribution in [0.1, 0.15) is 28.4 Å². The first kappa shape index (κ1) is 16.6. The lowest BCUT2D eigenvalue weighted by Crippen LogP contribution is -2.24. The van der Waals surface area contributed by atoms with E-state index in [0.717, 1.165) is 31.0 Å². The van der Waals surface area contributed by atoms with Crippen LogP contribution in [0, 0.1) is 6.92 Å². The maximum Gasteiger partial charge on any atom is 0.231 e. The summed E-state index contributed by atoms with van der Waals surface area (Å²) in [6.45, 7) is 4.37. The van der Waals surface area contributed by atoms with Crippen LogP contribution in [0.5, 0.6) is 11.5 Å². The van der Waals surface area contributed by atoms with Crippen molar-refractivity contribution in [2.75, 3.05) is 18.2 Å². The topological polar surface area (TPSA) is 34.8 Å². The van der Waals surface area contributed by atoms with Crippen LogP contribution in [0.4, 0.5) is 5.69 Å². The van der Waals surface area contributed by atoms with E-state index in [0.29, 0.717) is 12.0 Å². The second kappa shape index (κ2) is 6.89. The summed E-state index contributed by atoms with van der Waals surface area (Å²) in [6.07, 6.45) is 4.65. The van der Waals surface area contributed by atoms with E-state index in [1.54, 1.807) is 6.26 Å². The number of hydrogen-bond acceptors (Lipinski definition) is 5. The lowest BCUT2D eigenvalue weighted by molar-refractivity contribution is 0.174. The second-order valence-electron chi connectivity index (χ2n) is 6.98. The SMILES string of the molecule is Cc1cccc2c1N(Cc1ccoc1)CCC(c1ccc3c(c1)OCO3)S2. The Morgan fingerprint density at radius 3 is 2.93 bits per heavy atom. The average molecular weight is 379 g/mol. The van der Waals surface area contributed by atoms with Gasteiger partial charge >= 0.3 is 0 Å². The molecule has 2 aliphatic heterocycles. The summed E-state index contributed by atoms with van der Waals surface area (Å²) < 4.78 is 16.3. The number of para-hydroxylation sites is 1. The van der Waals surface area contributed by atoms with E-state index in [1.165, 1.54) is 27.3 Å². The van der Waals surface area contributed by atoms with Gasteiger partial charge in [0.05, 0.1) is 18.2 Å². The van der Waals surface area contributed by atoms with Crippen molar-refractivity contribution in [2.45, 2.75) is 30.0 Å². The molecule has 0 radical (unpaired) electrons. The quantitative estimate of drug-likeness (QED) is 0.595. The fourth-order valence-electron chi connectivity index (χ4n) is 3.84. The van der Waals surface area contributed by atoms with Gasteiger partial charge in [0.15, 0.2) is 11.5 Å². The molecule has 3 heterocycles. The minimum atomic E-state index is 0.317. The van der Waals surface area contributed by atoms with Gasteiger partial charge in [-0.05, 0) is 48.7 Å². The van der Waals surface area contributed by atoms with Crippen LogP contribution in [0.15, 0.2) is 64.3 Å². The molecule has 5 heteroatoms. The highest BCUT2D eigenvalue weighted by Gasteiger charge is 2.26. The van der Waals surface area contributed by atoms with Crippen molar-refractivity contribution in [2.24, 2.45) is 0 Å². The van der Waals surface area contributed by atoms with Gasteiger partial charge in [-0.3, -0.25) is 0 Å². The van der Waals surface area contributed by atoms with E-state index < -0.39 is 0 Å². The molecule has 0 N–H and O–H groups in total. The van der Waals surface area contributed by atoms with Crippen molar-refractivity contribution in [1.29, 1.82) is 0 Å². The molecule has 27 heavy (non-hydrogen) atoms. The molecule has 1 aromatic heterocycles. The molecule has 0 amide bonds. The lowest BCUT2D eigenvalue weighted by Gasteiger charge is -2.25. The molecule has 0 fully saturated rings. The van der Waals surface area contributed by atoms with E-state index in [4.69, 9.17) is 13.9 Å². The maximum atomic E-state index is 5.59. The van der Waals surface area contributed by atoms with Crippen LogP contribution in [0.2, 0.25) is 0 Å². The van der Waals surface area contributed by atoms with Gasteiger partial charge in [-0.2, -0.15) is 0 Å². The second-order valence-corrected chi connectivity index (χ2v) is 8.23. The number of aryl methyl sites for hydroxylation is 1. The summed E-state index contributed by atoms with van der Waals surface area (Å²) in [5, 5.41) is 0.384. The zero-order valence-electron chi connectivity index (χ0n) is 15.2. The Morgan fingerprint density at radius 2 is 2.04 bits per heavy atom. The van der Waals surface area contributed by atoms with Gasteiger partial charge in [0, 0.05) is 28.8 Å². The summed E-state index contributed by atoms with van der Waals surface area (Å²) in [5.74, 6) is 1.70. The molecule has 3 aromatic rings. The molecule has 4 nitrogen and oxygen atoms in total. The van der Waals surface area contributed by atoms with Gasteiger partial charge in [-0.25, -0.2) is 0 Å². The average Bonchev–Trinajstić information content (AvgIpc) is 3.31. The highest BCUT2D eigenvalue weighted by molar-refractivity contribution is 7.99. The van der Waals surface area contributed by atoms with Gasteiger partial charge in [0.2, 0.25) is 6.79 Å². The number of thioether (sulfide) groups is 1. The molecule has 0 saturated heterocycles. The third kappa shape index (κ3) is 3.16. The molecule has 0 bridgehead atoms. The van der Waals surface area contributed by atoms with E-state index in [-0.39, 0.29) is 0 Å². The van der Waals surface area contributed by atoms with Crippen molar-refractivity contribution in [3.63, 3.8) is 0 Å². The Balaban J connectivity index is 1.48. The van der Waals surface area contributed by atoms with Crippen molar-refractivity contribution in [1.82, 2.24) is 0 Å². The first-order valence-corrected chi connectivity index (χ1v) is 10.1. The predicted octanol–water partition coefficient (Wildman–Crippen LogP) is 5.56. The van der Waals surface area contributed by atoms with Gasteiger partial charge < -0.3 is 18.8 Å². The zero-order valence-corrected chi connectivity index (χ0v) is 16.0. The number of benzene rings is 2. The van der Waals surface area contributed by atoms with Crippen LogP contribution in [0.25, 0.3) is 0 Å². The van der Waals surface area contributed by atoms with E-state index in [9.17, 15) is 0 Å². The van der Waals surface area contributed by atoms with Crippen LogP contribution in [-0.4, -0.2) is 13.3 Å². The molecule has 138 valence electrons. The molecular formula is C22H21NO3S. The van der Waals surface area contributed by atoms with E-state index >= 15 is 0 Å². The smallest absolute Gasteiger partial charge is 0.231 e. The van der Waals surface area contributed by atoms with E-state index in [1.807, 2.05) is 30.2 Å². The molecule has 5 rings (SSSR count). The Hall–Kier alpha value is -2.53. The first-order chi connectivity index (χ1) is 13.3.